The lowest BCUT2D eigenvalue weighted by Crippen LogP contribution is -2.24. The normalized spacial score (nSPS) is 14.0. The molecule has 4 aromatic rings. The van der Waals surface area contributed by atoms with Gasteiger partial charge in [0.05, 0.1) is 5.69 Å². The van der Waals surface area contributed by atoms with Crippen LogP contribution in [0.15, 0.2) is 115 Å². The van der Waals surface area contributed by atoms with E-state index in [4.69, 9.17) is 11.6 Å². The Morgan fingerprint density at radius 3 is 2.16 bits per heavy atom. The van der Waals surface area contributed by atoms with E-state index in [1.165, 1.54) is 65.8 Å². The lowest BCUT2D eigenvalue weighted by atomic mass is 9.98. The van der Waals surface area contributed by atoms with Crippen molar-refractivity contribution in [1.29, 1.82) is 0 Å². The van der Waals surface area contributed by atoms with Crippen molar-refractivity contribution in [2.45, 2.75) is 46.5 Å². The van der Waals surface area contributed by atoms with E-state index in [2.05, 4.69) is 121 Å². The molecule has 0 atom stereocenters. The number of hydrogen-bond donors (Lipinski definition) is 0. The van der Waals surface area contributed by atoms with Gasteiger partial charge in [0, 0.05) is 29.9 Å². The number of pyridine rings is 1. The molecule has 3 nitrogen and oxygen atoms in total. The van der Waals surface area contributed by atoms with E-state index in [0.29, 0.717) is 0 Å². The van der Waals surface area contributed by atoms with Crippen LogP contribution in [-0.4, -0.2) is 54.1 Å². The fourth-order valence-electron chi connectivity index (χ4n) is 5.51. The number of likely N-dealkylation sites (tertiary alicyclic amines) is 1. The van der Waals surface area contributed by atoms with Crippen molar-refractivity contribution < 1.29 is 0 Å². The molecule has 0 spiro atoms. The smallest absolute Gasteiger partial charge is 0.0705 e. The average Bonchev–Trinajstić information content (AvgIpc) is 3.59. The standard InChI is InChI=1S/C20H22ClN.C20H26N2/c21-20-10-8-17(9-11-20)16-19(18-6-2-1-3-7-18)12-15-22-13-4-5-14-22;1-4-15-22(5-2)16-13-19(20-8-6-7-14-21-20)18-11-9-17(3)10-12-18/h1-3,6-12H,4-5,13-16H2;6-14H,4-5,15-16H2,1-3H3/b19-12+;19-13+. The topological polar surface area (TPSA) is 19.4 Å². The number of allylic oxidation sites excluding steroid dienone is 1. The Hall–Kier alpha value is -3.50. The molecule has 230 valence electrons. The summed E-state index contributed by atoms with van der Waals surface area (Å²) in [7, 11) is 0. The maximum atomic E-state index is 5.99. The van der Waals surface area contributed by atoms with Gasteiger partial charge in [-0.2, -0.15) is 0 Å². The summed E-state index contributed by atoms with van der Waals surface area (Å²) in [6.45, 7) is 13.3. The first-order chi connectivity index (χ1) is 21.6. The van der Waals surface area contributed by atoms with Gasteiger partial charge in [0.15, 0.2) is 0 Å². The van der Waals surface area contributed by atoms with Gasteiger partial charge >= 0.3 is 0 Å². The van der Waals surface area contributed by atoms with E-state index in [9.17, 15) is 0 Å². The van der Waals surface area contributed by atoms with Crippen LogP contribution in [0, 0.1) is 6.92 Å². The number of aryl methyl sites for hydroxylation is 1. The van der Waals surface area contributed by atoms with Crippen LogP contribution in [0.5, 0.6) is 0 Å². The number of halogens is 1. The van der Waals surface area contributed by atoms with E-state index < -0.39 is 0 Å². The number of nitrogens with zero attached hydrogens (tertiary/aromatic N) is 3. The molecule has 3 aromatic carbocycles. The minimum Gasteiger partial charge on any atom is -0.300 e. The molecule has 0 amide bonds. The van der Waals surface area contributed by atoms with Gasteiger partial charge in [-0.15, -0.1) is 0 Å². The number of rotatable bonds is 12. The summed E-state index contributed by atoms with van der Waals surface area (Å²) in [5.74, 6) is 0. The molecule has 44 heavy (non-hydrogen) atoms. The molecule has 4 heteroatoms. The maximum Gasteiger partial charge on any atom is 0.0705 e. The third-order valence-electron chi connectivity index (χ3n) is 8.09. The molecule has 2 heterocycles. The van der Waals surface area contributed by atoms with Gasteiger partial charge in [-0.3, -0.25) is 14.8 Å². The second-order valence-electron chi connectivity index (χ2n) is 11.5. The Morgan fingerprint density at radius 1 is 0.818 bits per heavy atom. The van der Waals surface area contributed by atoms with E-state index in [1.54, 1.807) is 0 Å². The zero-order valence-electron chi connectivity index (χ0n) is 26.8. The molecule has 1 aromatic heterocycles. The first kappa shape index (κ1) is 33.4. The quantitative estimate of drug-likeness (QED) is 0.160. The summed E-state index contributed by atoms with van der Waals surface area (Å²) in [4.78, 5) is 9.53. The van der Waals surface area contributed by atoms with E-state index in [-0.39, 0.29) is 0 Å². The van der Waals surface area contributed by atoms with Crippen molar-refractivity contribution in [3.63, 3.8) is 0 Å². The van der Waals surface area contributed by atoms with Gasteiger partial charge < -0.3 is 0 Å². The van der Waals surface area contributed by atoms with Crippen LogP contribution in [0.3, 0.4) is 0 Å². The van der Waals surface area contributed by atoms with Gasteiger partial charge in [-0.1, -0.05) is 116 Å². The second kappa shape index (κ2) is 18.3. The number of aromatic nitrogens is 1. The monoisotopic (exact) mass is 605 g/mol. The highest BCUT2D eigenvalue weighted by molar-refractivity contribution is 6.30. The minimum atomic E-state index is 0.797. The molecule has 1 saturated heterocycles. The lowest BCUT2D eigenvalue weighted by molar-refractivity contribution is 0.320. The lowest BCUT2D eigenvalue weighted by Gasteiger charge is -2.18. The molecule has 0 saturated carbocycles. The molecular weight excluding hydrogens is 558 g/mol. The maximum absolute atomic E-state index is 5.99. The molecule has 5 rings (SSSR count). The average molecular weight is 606 g/mol. The highest BCUT2D eigenvalue weighted by Crippen LogP contribution is 2.23. The molecule has 0 aliphatic carbocycles. The molecule has 0 unspecified atom stereocenters. The number of likely N-dealkylation sites (N-methyl/N-ethyl adjacent to an activating group) is 1. The second-order valence-corrected chi connectivity index (χ2v) is 11.9. The highest BCUT2D eigenvalue weighted by atomic mass is 35.5. The van der Waals surface area contributed by atoms with Crippen molar-refractivity contribution >= 4 is 22.7 Å². The molecular formula is C40H48ClN3. The van der Waals surface area contributed by atoms with Crippen LogP contribution in [0.2, 0.25) is 5.02 Å². The first-order valence-corrected chi connectivity index (χ1v) is 16.6. The summed E-state index contributed by atoms with van der Waals surface area (Å²) in [5.41, 5.74) is 8.79. The Bertz CT molecular complexity index is 1420. The van der Waals surface area contributed by atoms with Crippen LogP contribution in [0.25, 0.3) is 11.1 Å². The van der Waals surface area contributed by atoms with Crippen LogP contribution in [0.4, 0.5) is 0 Å². The summed E-state index contributed by atoms with van der Waals surface area (Å²) >= 11 is 5.99. The van der Waals surface area contributed by atoms with Crippen molar-refractivity contribution in [3.8, 4) is 0 Å². The van der Waals surface area contributed by atoms with Gasteiger partial charge in [-0.05, 0) is 105 Å². The fourth-order valence-corrected chi connectivity index (χ4v) is 5.64. The fraction of sp³-hybridized carbons (Fsp3) is 0.325. The van der Waals surface area contributed by atoms with Crippen LogP contribution in [-0.2, 0) is 6.42 Å². The minimum absolute atomic E-state index is 0.797. The zero-order valence-corrected chi connectivity index (χ0v) is 27.5. The summed E-state index contributed by atoms with van der Waals surface area (Å²) in [6, 6.07) is 33.7. The van der Waals surface area contributed by atoms with E-state index in [1.807, 2.05) is 30.5 Å². The van der Waals surface area contributed by atoms with Gasteiger partial charge in [0.25, 0.3) is 0 Å². The van der Waals surface area contributed by atoms with Crippen LogP contribution < -0.4 is 0 Å². The largest absolute Gasteiger partial charge is 0.300 e. The predicted octanol–water partition coefficient (Wildman–Crippen LogP) is 9.62. The van der Waals surface area contributed by atoms with Crippen LogP contribution in [0.1, 0.15) is 61.1 Å². The zero-order chi connectivity index (χ0) is 31.0. The first-order valence-electron chi connectivity index (χ1n) is 16.2. The van der Waals surface area contributed by atoms with Crippen molar-refractivity contribution in [3.05, 3.63) is 148 Å². The molecule has 1 aliphatic heterocycles. The molecule has 1 fully saturated rings. The summed E-state index contributed by atoms with van der Waals surface area (Å²) in [6.07, 6.45) is 11.4. The third-order valence-corrected chi connectivity index (χ3v) is 8.34. The number of benzene rings is 3. The Labute approximate surface area is 270 Å². The van der Waals surface area contributed by atoms with Crippen molar-refractivity contribution in [1.82, 2.24) is 14.8 Å². The third kappa shape index (κ3) is 10.9. The van der Waals surface area contributed by atoms with Crippen LogP contribution >= 0.6 is 11.6 Å². The Balaban J connectivity index is 0.000000201. The van der Waals surface area contributed by atoms with Gasteiger partial charge in [0.2, 0.25) is 0 Å². The van der Waals surface area contributed by atoms with E-state index >= 15 is 0 Å². The summed E-state index contributed by atoms with van der Waals surface area (Å²) in [5, 5.41) is 0.797. The van der Waals surface area contributed by atoms with Crippen molar-refractivity contribution in [2.75, 3.05) is 39.3 Å². The van der Waals surface area contributed by atoms with Gasteiger partial charge in [0.1, 0.15) is 0 Å². The predicted molar refractivity (Wildman–Crippen MR) is 190 cm³/mol. The molecule has 0 N–H and O–H groups in total. The van der Waals surface area contributed by atoms with Crippen molar-refractivity contribution in [2.24, 2.45) is 0 Å². The molecule has 0 bridgehead atoms. The molecule has 0 radical (unpaired) electrons. The Kier molecular flexibility index (Phi) is 13.9. The SMILES string of the molecule is CCCN(CC)C/C=C(\c1ccc(C)cc1)c1ccccn1.Clc1ccc(C/C(=C\CN2CCCC2)c2ccccc2)cc1. The Morgan fingerprint density at radius 2 is 1.52 bits per heavy atom. The van der Waals surface area contributed by atoms with E-state index in [0.717, 1.165) is 43.3 Å². The number of hydrogen-bond acceptors (Lipinski definition) is 3. The van der Waals surface area contributed by atoms with Gasteiger partial charge in [-0.25, -0.2) is 0 Å². The summed E-state index contributed by atoms with van der Waals surface area (Å²) < 4.78 is 0. The highest BCUT2D eigenvalue weighted by Gasteiger charge is 2.11. The molecule has 1 aliphatic rings.